The standard InChI is InChI=1S/C16H18FNS2/c1-10-7-12(11(2)20-10)9-18-15-5-6-19-16-4-3-13(17)8-14(15)16/h3-4,7-8,15,18H,5-6,9H2,1-2H3. The van der Waals surface area contributed by atoms with Gasteiger partial charge in [0, 0.05) is 27.2 Å². The van der Waals surface area contributed by atoms with Crippen LogP contribution in [0.3, 0.4) is 0 Å². The van der Waals surface area contributed by atoms with Crippen LogP contribution in [0.25, 0.3) is 0 Å². The second-order valence-electron chi connectivity index (χ2n) is 5.19. The molecule has 20 heavy (non-hydrogen) atoms. The Morgan fingerprint density at radius 1 is 1.30 bits per heavy atom. The normalized spacial score (nSPS) is 18.1. The van der Waals surface area contributed by atoms with Gasteiger partial charge < -0.3 is 5.32 Å². The molecule has 3 rings (SSSR count). The van der Waals surface area contributed by atoms with Crippen LogP contribution in [0.15, 0.2) is 29.2 Å². The molecule has 1 N–H and O–H groups in total. The second kappa shape index (κ2) is 5.88. The summed E-state index contributed by atoms with van der Waals surface area (Å²) in [6.07, 6.45) is 1.06. The second-order valence-corrected chi connectivity index (χ2v) is 7.79. The molecular weight excluding hydrogens is 289 g/mol. The summed E-state index contributed by atoms with van der Waals surface area (Å²) in [5.74, 6) is 0.957. The van der Waals surface area contributed by atoms with Crippen LogP contribution in [0.1, 0.15) is 33.3 Å². The van der Waals surface area contributed by atoms with Gasteiger partial charge in [-0.2, -0.15) is 0 Å². The van der Waals surface area contributed by atoms with Gasteiger partial charge in [-0.25, -0.2) is 4.39 Å². The summed E-state index contributed by atoms with van der Waals surface area (Å²) in [5.41, 5.74) is 2.48. The van der Waals surface area contributed by atoms with Crippen LogP contribution in [-0.4, -0.2) is 5.75 Å². The van der Waals surface area contributed by atoms with Crippen molar-refractivity contribution in [2.75, 3.05) is 5.75 Å². The maximum atomic E-state index is 13.5. The minimum Gasteiger partial charge on any atom is -0.306 e. The number of hydrogen-bond acceptors (Lipinski definition) is 3. The third-order valence-electron chi connectivity index (χ3n) is 3.69. The van der Waals surface area contributed by atoms with Crippen molar-refractivity contribution in [3.63, 3.8) is 0 Å². The molecule has 2 heterocycles. The van der Waals surface area contributed by atoms with E-state index in [0.29, 0.717) is 0 Å². The number of aryl methyl sites for hydroxylation is 2. The zero-order valence-electron chi connectivity index (χ0n) is 11.7. The smallest absolute Gasteiger partial charge is 0.123 e. The van der Waals surface area contributed by atoms with Crippen LogP contribution >= 0.6 is 23.1 Å². The molecule has 0 radical (unpaired) electrons. The maximum absolute atomic E-state index is 13.5. The lowest BCUT2D eigenvalue weighted by Crippen LogP contribution is -2.24. The van der Waals surface area contributed by atoms with Gasteiger partial charge in [-0.15, -0.1) is 23.1 Å². The van der Waals surface area contributed by atoms with Gasteiger partial charge in [-0.05, 0) is 61.4 Å². The molecule has 0 aliphatic carbocycles. The highest BCUT2D eigenvalue weighted by Crippen LogP contribution is 2.36. The first-order valence-electron chi connectivity index (χ1n) is 6.85. The van der Waals surface area contributed by atoms with E-state index in [4.69, 9.17) is 0 Å². The predicted octanol–water partition coefficient (Wildman–Crippen LogP) is 4.83. The Morgan fingerprint density at radius 3 is 2.90 bits per heavy atom. The quantitative estimate of drug-likeness (QED) is 0.871. The van der Waals surface area contributed by atoms with E-state index < -0.39 is 0 Å². The first-order valence-corrected chi connectivity index (χ1v) is 8.65. The van der Waals surface area contributed by atoms with Gasteiger partial charge in [0.1, 0.15) is 5.82 Å². The molecule has 0 bridgehead atoms. The van der Waals surface area contributed by atoms with Gasteiger partial charge in [0.05, 0.1) is 0 Å². The molecule has 1 aromatic carbocycles. The van der Waals surface area contributed by atoms with Crippen LogP contribution in [-0.2, 0) is 6.54 Å². The third-order valence-corrected chi connectivity index (χ3v) is 5.82. The van der Waals surface area contributed by atoms with Crippen LogP contribution in [0.2, 0.25) is 0 Å². The highest BCUT2D eigenvalue weighted by molar-refractivity contribution is 7.99. The Bertz CT molecular complexity index is 621. The van der Waals surface area contributed by atoms with Gasteiger partial charge in [0.2, 0.25) is 0 Å². The highest BCUT2D eigenvalue weighted by atomic mass is 32.2. The van der Waals surface area contributed by atoms with Crippen molar-refractivity contribution >= 4 is 23.1 Å². The van der Waals surface area contributed by atoms with E-state index in [2.05, 4.69) is 25.2 Å². The summed E-state index contributed by atoms with van der Waals surface area (Å²) in [6, 6.07) is 7.66. The third kappa shape index (κ3) is 2.92. The summed E-state index contributed by atoms with van der Waals surface area (Å²) in [6.45, 7) is 5.17. The van der Waals surface area contributed by atoms with Gasteiger partial charge in [0.15, 0.2) is 0 Å². The predicted molar refractivity (Wildman–Crippen MR) is 85.1 cm³/mol. The summed E-state index contributed by atoms with van der Waals surface area (Å²) in [4.78, 5) is 3.94. The first kappa shape index (κ1) is 14.1. The minimum atomic E-state index is -0.138. The summed E-state index contributed by atoms with van der Waals surface area (Å²) >= 11 is 3.67. The zero-order valence-corrected chi connectivity index (χ0v) is 13.3. The van der Waals surface area contributed by atoms with Gasteiger partial charge in [-0.1, -0.05) is 0 Å². The van der Waals surface area contributed by atoms with E-state index in [-0.39, 0.29) is 11.9 Å². The van der Waals surface area contributed by atoms with Crippen LogP contribution in [0.4, 0.5) is 4.39 Å². The van der Waals surface area contributed by atoms with Crippen molar-refractivity contribution in [1.29, 1.82) is 0 Å². The molecule has 1 aromatic heterocycles. The molecule has 0 amide bonds. The molecule has 1 aliphatic heterocycles. The fourth-order valence-electron chi connectivity index (χ4n) is 2.67. The zero-order chi connectivity index (χ0) is 14.1. The van der Waals surface area contributed by atoms with E-state index in [1.54, 1.807) is 12.1 Å². The lowest BCUT2D eigenvalue weighted by atomic mass is 10.0. The summed E-state index contributed by atoms with van der Waals surface area (Å²) < 4.78 is 13.5. The molecule has 0 saturated heterocycles. The molecule has 1 atom stereocenters. The maximum Gasteiger partial charge on any atom is 0.123 e. The van der Waals surface area contributed by atoms with Gasteiger partial charge in [-0.3, -0.25) is 0 Å². The Balaban J connectivity index is 1.76. The van der Waals surface area contributed by atoms with Gasteiger partial charge in [0.25, 0.3) is 0 Å². The minimum absolute atomic E-state index is 0.138. The Labute approximate surface area is 127 Å². The molecule has 2 aromatic rings. The number of thiophene rings is 1. The van der Waals surface area contributed by atoms with E-state index in [9.17, 15) is 4.39 Å². The van der Waals surface area contributed by atoms with Gasteiger partial charge >= 0.3 is 0 Å². The van der Waals surface area contributed by atoms with Crippen molar-refractivity contribution < 1.29 is 4.39 Å². The number of benzene rings is 1. The summed E-state index contributed by atoms with van der Waals surface area (Å²) in [7, 11) is 0. The van der Waals surface area contributed by atoms with Crippen LogP contribution in [0.5, 0.6) is 0 Å². The number of rotatable bonds is 3. The molecule has 0 fully saturated rings. The average molecular weight is 307 g/mol. The number of nitrogens with one attached hydrogen (secondary N) is 1. The lowest BCUT2D eigenvalue weighted by molar-refractivity contribution is 0.504. The molecule has 1 nitrogen and oxygen atoms in total. The summed E-state index contributed by atoms with van der Waals surface area (Å²) in [5, 5.41) is 3.60. The largest absolute Gasteiger partial charge is 0.306 e. The van der Waals surface area contributed by atoms with Crippen molar-refractivity contribution in [2.45, 2.75) is 37.8 Å². The van der Waals surface area contributed by atoms with Crippen molar-refractivity contribution in [3.05, 3.63) is 51.0 Å². The molecule has 106 valence electrons. The van der Waals surface area contributed by atoms with Crippen LogP contribution < -0.4 is 5.32 Å². The Kier molecular flexibility index (Phi) is 4.15. The fraction of sp³-hybridized carbons (Fsp3) is 0.375. The molecule has 0 saturated carbocycles. The molecular formula is C16H18FNS2. The SMILES string of the molecule is Cc1cc(CNC2CCSc3ccc(F)cc32)c(C)s1. The van der Waals surface area contributed by atoms with E-state index in [0.717, 1.165) is 24.3 Å². The number of thioether (sulfide) groups is 1. The fourth-order valence-corrected chi connectivity index (χ4v) is 4.72. The molecule has 4 heteroatoms. The van der Waals surface area contributed by atoms with Crippen molar-refractivity contribution in [2.24, 2.45) is 0 Å². The molecule has 0 spiro atoms. The van der Waals surface area contributed by atoms with E-state index in [1.807, 2.05) is 29.2 Å². The molecule has 1 unspecified atom stereocenters. The van der Waals surface area contributed by atoms with Crippen molar-refractivity contribution in [3.8, 4) is 0 Å². The number of halogens is 1. The van der Waals surface area contributed by atoms with E-state index >= 15 is 0 Å². The topological polar surface area (TPSA) is 12.0 Å². The van der Waals surface area contributed by atoms with E-state index in [1.165, 1.54) is 20.2 Å². The number of hydrogen-bond donors (Lipinski definition) is 1. The van der Waals surface area contributed by atoms with Crippen molar-refractivity contribution in [1.82, 2.24) is 5.32 Å². The highest BCUT2D eigenvalue weighted by Gasteiger charge is 2.21. The van der Waals surface area contributed by atoms with Crippen LogP contribution in [0, 0.1) is 19.7 Å². The average Bonchev–Trinajstić information content (AvgIpc) is 2.74. The number of fused-ring (bicyclic) bond motifs is 1. The first-order chi connectivity index (χ1) is 9.63. The molecule has 1 aliphatic rings. The monoisotopic (exact) mass is 307 g/mol. The Morgan fingerprint density at radius 2 is 2.15 bits per heavy atom. The Hall–Kier alpha value is -0.840. The lowest BCUT2D eigenvalue weighted by Gasteiger charge is -2.26.